The molecule has 2 rings (SSSR count). The largest absolute Gasteiger partial charge is 0.361 e. The van der Waals surface area contributed by atoms with Gasteiger partial charge >= 0.3 is 0 Å². The fourth-order valence-corrected chi connectivity index (χ4v) is 3.30. The molecule has 0 aromatic carbocycles. The number of aryl methyl sites for hydroxylation is 2. The van der Waals surface area contributed by atoms with E-state index in [1.54, 1.807) is 0 Å². The summed E-state index contributed by atoms with van der Waals surface area (Å²) in [6.45, 7) is 11.0. The summed E-state index contributed by atoms with van der Waals surface area (Å²) < 4.78 is 5.35. The van der Waals surface area contributed by atoms with Crippen LogP contribution >= 0.6 is 0 Å². The van der Waals surface area contributed by atoms with Crippen LogP contribution in [0.25, 0.3) is 0 Å². The molecule has 0 N–H and O–H groups in total. The van der Waals surface area contributed by atoms with Crippen molar-refractivity contribution in [3.05, 3.63) is 17.0 Å². The zero-order valence-corrected chi connectivity index (χ0v) is 15.2. The minimum atomic E-state index is -0.0706. The van der Waals surface area contributed by atoms with Gasteiger partial charge in [-0.25, -0.2) is 0 Å². The van der Waals surface area contributed by atoms with Crippen LogP contribution in [0.1, 0.15) is 44.7 Å². The van der Waals surface area contributed by atoms with Crippen LogP contribution in [0.3, 0.4) is 0 Å². The highest BCUT2D eigenvalue weighted by Crippen LogP contribution is 2.19. The molecule has 1 saturated heterocycles. The lowest BCUT2D eigenvalue weighted by Crippen LogP contribution is -2.53. The van der Waals surface area contributed by atoms with E-state index in [-0.39, 0.29) is 11.9 Å². The van der Waals surface area contributed by atoms with Gasteiger partial charge < -0.3 is 9.42 Å². The Kier molecular flexibility index (Phi) is 6.38. The van der Waals surface area contributed by atoms with Crippen molar-refractivity contribution in [3.8, 4) is 6.07 Å². The molecule has 0 saturated carbocycles. The number of hydrogen-bond donors (Lipinski definition) is 0. The number of carbonyl (C=O) groups excluding carboxylic acids is 1. The third-order valence-electron chi connectivity index (χ3n) is 4.76. The first-order valence-electron chi connectivity index (χ1n) is 8.89. The van der Waals surface area contributed by atoms with E-state index in [1.807, 2.05) is 18.7 Å². The molecule has 0 bridgehead atoms. The van der Waals surface area contributed by atoms with Crippen LogP contribution in [0.5, 0.6) is 0 Å². The zero-order chi connectivity index (χ0) is 17.7. The van der Waals surface area contributed by atoms with Crippen LogP contribution in [-0.4, -0.2) is 53.1 Å². The first-order valence-corrected chi connectivity index (χ1v) is 8.89. The van der Waals surface area contributed by atoms with Crippen molar-refractivity contribution in [2.45, 2.75) is 53.0 Å². The Bertz CT molecular complexity index is 573. The predicted octanol–water partition coefficient (Wildman–Crippen LogP) is 2.03. The summed E-state index contributed by atoms with van der Waals surface area (Å²) in [5, 5.41) is 13.4. The molecule has 1 aromatic heterocycles. The average molecular weight is 332 g/mol. The quantitative estimate of drug-likeness (QED) is 0.797. The Balaban J connectivity index is 1.96. The maximum absolute atomic E-state index is 12.7. The highest BCUT2D eigenvalue weighted by atomic mass is 16.5. The van der Waals surface area contributed by atoms with E-state index >= 15 is 0 Å². The van der Waals surface area contributed by atoms with Crippen LogP contribution in [-0.2, 0) is 24.1 Å². The van der Waals surface area contributed by atoms with Gasteiger partial charge in [-0.2, -0.15) is 5.26 Å². The van der Waals surface area contributed by atoms with Gasteiger partial charge in [-0.3, -0.25) is 9.69 Å². The van der Waals surface area contributed by atoms with E-state index in [0.717, 1.165) is 42.9 Å². The van der Waals surface area contributed by atoms with E-state index in [2.05, 4.69) is 30.0 Å². The van der Waals surface area contributed by atoms with E-state index in [9.17, 15) is 10.1 Å². The van der Waals surface area contributed by atoms with E-state index < -0.39 is 0 Å². The van der Waals surface area contributed by atoms with Gasteiger partial charge in [-0.1, -0.05) is 32.9 Å². The standard InChI is InChI=1S/C18H28N4O2/c1-5-15-14(17(6-2)24-20-15)11-18(23)22-9-7-21(8-10-22)16(12-19)13(3)4/h13,16H,5-11H2,1-4H3/t16-/m0/s1. The molecule has 1 amide bonds. The molecule has 1 aliphatic rings. The second kappa shape index (κ2) is 8.29. The smallest absolute Gasteiger partial charge is 0.227 e. The first-order chi connectivity index (χ1) is 11.5. The van der Waals surface area contributed by atoms with Gasteiger partial charge in [-0.05, 0) is 12.3 Å². The van der Waals surface area contributed by atoms with Gasteiger partial charge in [0.1, 0.15) is 11.8 Å². The molecular weight excluding hydrogens is 304 g/mol. The lowest BCUT2D eigenvalue weighted by molar-refractivity contribution is -0.132. The van der Waals surface area contributed by atoms with Gasteiger partial charge in [-0.15, -0.1) is 0 Å². The SMILES string of the molecule is CCc1noc(CC)c1CC(=O)N1CCN([C@@H](C#N)C(C)C)CC1. The van der Waals surface area contributed by atoms with E-state index in [1.165, 1.54) is 0 Å². The maximum Gasteiger partial charge on any atom is 0.227 e. The van der Waals surface area contributed by atoms with Crippen molar-refractivity contribution in [2.75, 3.05) is 26.2 Å². The summed E-state index contributed by atoms with van der Waals surface area (Å²) in [6, 6.07) is 2.31. The van der Waals surface area contributed by atoms with Crippen molar-refractivity contribution >= 4 is 5.91 Å². The highest BCUT2D eigenvalue weighted by molar-refractivity contribution is 5.79. The summed E-state index contributed by atoms with van der Waals surface area (Å²) in [7, 11) is 0. The molecule has 24 heavy (non-hydrogen) atoms. The van der Waals surface area contributed by atoms with Crippen molar-refractivity contribution in [2.24, 2.45) is 5.92 Å². The fraction of sp³-hybridized carbons (Fsp3) is 0.722. The number of piperazine rings is 1. The number of nitrogens with zero attached hydrogens (tertiary/aromatic N) is 4. The number of rotatable bonds is 6. The number of hydrogen-bond acceptors (Lipinski definition) is 5. The zero-order valence-electron chi connectivity index (χ0n) is 15.2. The second-order valence-electron chi connectivity index (χ2n) is 6.65. The molecule has 1 fully saturated rings. The molecule has 6 heteroatoms. The monoisotopic (exact) mass is 332 g/mol. The summed E-state index contributed by atoms with van der Waals surface area (Å²) in [5.41, 5.74) is 1.85. The van der Waals surface area contributed by atoms with Gasteiger partial charge in [0.15, 0.2) is 0 Å². The minimum Gasteiger partial charge on any atom is -0.361 e. The van der Waals surface area contributed by atoms with Gasteiger partial charge in [0.05, 0.1) is 18.2 Å². The summed E-state index contributed by atoms with van der Waals surface area (Å²) in [5.74, 6) is 1.25. The predicted molar refractivity (Wildman–Crippen MR) is 91.4 cm³/mol. The van der Waals surface area contributed by atoms with Crippen LogP contribution in [0, 0.1) is 17.2 Å². The summed E-state index contributed by atoms with van der Waals surface area (Å²) >= 11 is 0. The Labute approximate surface area is 144 Å². The van der Waals surface area contributed by atoms with Crippen molar-refractivity contribution in [3.63, 3.8) is 0 Å². The Morgan fingerprint density at radius 2 is 1.92 bits per heavy atom. The van der Waals surface area contributed by atoms with Crippen LogP contribution in [0.15, 0.2) is 4.52 Å². The van der Waals surface area contributed by atoms with Crippen LogP contribution in [0.4, 0.5) is 0 Å². The van der Waals surface area contributed by atoms with Gasteiger partial charge in [0, 0.05) is 38.2 Å². The second-order valence-corrected chi connectivity index (χ2v) is 6.65. The Morgan fingerprint density at radius 1 is 1.25 bits per heavy atom. The van der Waals surface area contributed by atoms with Crippen molar-refractivity contribution in [1.29, 1.82) is 5.26 Å². The molecule has 1 aromatic rings. The molecule has 6 nitrogen and oxygen atoms in total. The summed E-state index contributed by atoms with van der Waals surface area (Å²) in [6.07, 6.45) is 1.89. The molecule has 132 valence electrons. The lowest BCUT2D eigenvalue weighted by atomic mass is 10.0. The number of aromatic nitrogens is 1. The third kappa shape index (κ3) is 3.96. The molecule has 0 spiro atoms. The lowest BCUT2D eigenvalue weighted by Gasteiger charge is -2.38. The normalized spacial score (nSPS) is 17.1. The third-order valence-corrected chi connectivity index (χ3v) is 4.76. The Hall–Kier alpha value is -1.87. The molecule has 0 unspecified atom stereocenters. The van der Waals surface area contributed by atoms with Crippen molar-refractivity contribution in [1.82, 2.24) is 15.0 Å². The minimum absolute atomic E-state index is 0.0706. The van der Waals surface area contributed by atoms with Gasteiger partial charge in [0.2, 0.25) is 5.91 Å². The maximum atomic E-state index is 12.7. The number of carbonyl (C=O) groups is 1. The van der Waals surface area contributed by atoms with E-state index in [4.69, 9.17) is 4.52 Å². The number of amides is 1. The highest BCUT2D eigenvalue weighted by Gasteiger charge is 2.28. The topological polar surface area (TPSA) is 73.4 Å². The van der Waals surface area contributed by atoms with Crippen LogP contribution < -0.4 is 0 Å². The summed E-state index contributed by atoms with van der Waals surface area (Å²) in [4.78, 5) is 16.7. The van der Waals surface area contributed by atoms with Crippen molar-refractivity contribution < 1.29 is 9.32 Å². The Morgan fingerprint density at radius 3 is 2.42 bits per heavy atom. The molecule has 0 radical (unpaired) electrons. The fourth-order valence-electron chi connectivity index (χ4n) is 3.30. The van der Waals surface area contributed by atoms with Gasteiger partial charge in [0.25, 0.3) is 0 Å². The molecule has 0 aliphatic carbocycles. The molecular formula is C18H28N4O2. The molecule has 2 heterocycles. The van der Waals surface area contributed by atoms with E-state index in [0.29, 0.717) is 25.4 Å². The first kappa shape index (κ1) is 18.5. The number of nitriles is 1. The van der Waals surface area contributed by atoms with Crippen LogP contribution in [0.2, 0.25) is 0 Å². The molecule has 1 aliphatic heterocycles. The molecule has 1 atom stereocenters. The average Bonchev–Trinajstić information content (AvgIpc) is 2.97.